The molecule has 0 amide bonds. The normalized spacial score (nSPS) is 0. The molecular formula is H5AlBO2+. The van der Waals surface area contributed by atoms with Crippen LogP contribution in [0.3, 0.4) is 0 Å². The molecular weight excluding hydrogens is 69.8 g/mol. The van der Waals surface area contributed by atoms with Gasteiger partial charge in [-0.2, -0.15) is 0 Å². The van der Waals surface area contributed by atoms with Crippen molar-refractivity contribution in [1.82, 2.24) is 0 Å². The van der Waals surface area contributed by atoms with Crippen LogP contribution in [0.1, 0.15) is 0 Å². The molecule has 4 heteroatoms. The molecule has 22 valence electrons. The molecule has 2 nitrogen and oxygen atoms in total. The molecule has 0 radical (unpaired) electrons. The Bertz CT molecular complexity index is 6.00. The van der Waals surface area contributed by atoms with Gasteiger partial charge in [0.25, 0.3) is 0 Å². The zero-order valence-corrected chi connectivity index (χ0v) is 2.64. The zero-order chi connectivity index (χ0) is 0. The van der Waals surface area contributed by atoms with Crippen molar-refractivity contribution in [2.75, 3.05) is 0 Å². The van der Waals surface area contributed by atoms with E-state index in [0.717, 1.165) is 0 Å². The summed E-state index contributed by atoms with van der Waals surface area (Å²) < 4.78 is 0. The molecule has 0 heterocycles. The summed E-state index contributed by atoms with van der Waals surface area (Å²) in [5.41, 5.74) is 0. The first kappa shape index (κ1) is 209. The molecule has 0 atom stereocenters. The Morgan fingerprint density at radius 3 is 1.00 bits per heavy atom. The van der Waals surface area contributed by atoms with E-state index in [1.165, 1.54) is 0 Å². The average Bonchev–Trinajstić information content (AvgIpc) is 0. The summed E-state index contributed by atoms with van der Waals surface area (Å²) in [4.78, 5) is 0. The van der Waals surface area contributed by atoms with E-state index in [1.807, 2.05) is 0 Å². The van der Waals surface area contributed by atoms with E-state index in [1.54, 1.807) is 0 Å². The first-order valence-electron chi connectivity index (χ1n) is 0. The minimum absolute atomic E-state index is 0. The third-order valence-electron chi connectivity index (χ3n) is 0. The maximum Gasteiger partial charge on any atom is 3.00 e. The largest absolute Gasteiger partial charge is 3.00 e. The fourth-order valence-corrected chi connectivity index (χ4v) is 0. The summed E-state index contributed by atoms with van der Waals surface area (Å²) in [5, 5.41) is 0. The summed E-state index contributed by atoms with van der Waals surface area (Å²) >= 11 is 0. The summed E-state index contributed by atoms with van der Waals surface area (Å²) in [6.07, 6.45) is 0. The maximum absolute atomic E-state index is 0. The average molecular weight is 74.8 g/mol. The molecule has 0 fully saturated rings. The third-order valence-corrected chi connectivity index (χ3v) is 0. The number of hydrogen-bond donors (Lipinski definition) is 0. The molecule has 2 N–H and O–H groups in total. The van der Waals surface area contributed by atoms with E-state index in [-0.39, 0.29) is 36.7 Å². The van der Waals surface area contributed by atoms with Gasteiger partial charge in [0.2, 0.25) is 0 Å². The molecule has 0 aromatic rings. The van der Waals surface area contributed by atoms with Crippen LogP contribution in [0.25, 0.3) is 0 Å². The van der Waals surface area contributed by atoms with Gasteiger partial charge in [-0.3, -0.25) is 0 Å². The first-order valence-corrected chi connectivity index (χ1v) is 0. The molecule has 0 bridgehead atoms. The van der Waals surface area contributed by atoms with E-state index in [9.17, 15) is 0 Å². The van der Waals surface area contributed by atoms with Crippen molar-refractivity contribution < 1.29 is 11.0 Å². The minimum atomic E-state index is 0. The molecule has 0 aromatic heterocycles. The van der Waals surface area contributed by atoms with Crippen molar-refractivity contribution >= 4 is 25.8 Å². The second-order valence-corrected chi connectivity index (χ2v) is 0. The Morgan fingerprint density at radius 2 is 1.00 bits per heavy atom. The van der Waals surface area contributed by atoms with Gasteiger partial charge in [-0.1, -0.05) is 0 Å². The van der Waals surface area contributed by atoms with Gasteiger partial charge < -0.3 is 11.0 Å². The summed E-state index contributed by atoms with van der Waals surface area (Å²) in [6, 6.07) is 0. The fraction of sp³-hybridized carbons (Fsp3) is 0. The Balaban J connectivity index is 0. The van der Waals surface area contributed by atoms with Crippen molar-refractivity contribution in [2.45, 2.75) is 0 Å². The molecule has 0 unspecified atom stereocenters. The second kappa shape index (κ2) is 83.3. The SMILES string of the molecule is B.O.[Al+3].[O-2]. The minimum Gasteiger partial charge on any atom is -2.00 e. The third kappa shape index (κ3) is 21.7. The Labute approximate surface area is 37.5 Å². The molecule has 0 aliphatic carbocycles. The van der Waals surface area contributed by atoms with E-state index in [4.69, 9.17) is 0 Å². The molecule has 0 saturated heterocycles. The van der Waals surface area contributed by atoms with Gasteiger partial charge in [0, 0.05) is 0 Å². The van der Waals surface area contributed by atoms with Gasteiger partial charge in [0.05, 0.1) is 8.41 Å². The van der Waals surface area contributed by atoms with Gasteiger partial charge in [0.15, 0.2) is 0 Å². The topological polar surface area (TPSA) is 60.0 Å². The van der Waals surface area contributed by atoms with Crippen molar-refractivity contribution in [3.05, 3.63) is 0 Å². The summed E-state index contributed by atoms with van der Waals surface area (Å²) in [6.45, 7) is 0. The van der Waals surface area contributed by atoms with Crippen LogP contribution in [-0.2, 0) is 5.48 Å². The zero-order valence-electron chi connectivity index (χ0n) is 1.49. The van der Waals surface area contributed by atoms with Crippen molar-refractivity contribution in [3.63, 3.8) is 0 Å². The Kier molecular flexibility index (Phi) is 4350. The van der Waals surface area contributed by atoms with E-state index >= 15 is 0 Å². The molecule has 4 heavy (non-hydrogen) atoms. The molecule has 0 aromatic carbocycles. The molecule has 0 rings (SSSR count). The van der Waals surface area contributed by atoms with Crippen LogP contribution in [0, 0.1) is 0 Å². The summed E-state index contributed by atoms with van der Waals surface area (Å²) in [5.74, 6) is 0. The van der Waals surface area contributed by atoms with E-state index in [2.05, 4.69) is 0 Å². The Hall–Kier alpha value is 0.517. The predicted octanol–water partition coefficient (Wildman–Crippen LogP) is -2.51. The molecule has 0 saturated carbocycles. The van der Waals surface area contributed by atoms with Crippen LogP contribution < -0.4 is 0 Å². The molecule has 0 spiro atoms. The van der Waals surface area contributed by atoms with Crippen LogP contribution in [0.15, 0.2) is 0 Å². The van der Waals surface area contributed by atoms with Crippen LogP contribution >= 0.6 is 0 Å². The molecule has 0 aliphatic rings. The van der Waals surface area contributed by atoms with E-state index in [0.29, 0.717) is 0 Å². The van der Waals surface area contributed by atoms with Gasteiger partial charge in [-0.15, -0.1) is 0 Å². The van der Waals surface area contributed by atoms with Gasteiger partial charge >= 0.3 is 17.4 Å². The van der Waals surface area contributed by atoms with Crippen LogP contribution in [0.5, 0.6) is 0 Å². The summed E-state index contributed by atoms with van der Waals surface area (Å²) in [7, 11) is 0. The second-order valence-electron chi connectivity index (χ2n) is 0. The maximum atomic E-state index is 0. The van der Waals surface area contributed by atoms with Gasteiger partial charge in [-0.05, 0) is 0 Å². The predicted molar refractivity (Wildman–Crippen MR) is 20.0 cm³/mol. The smallest absolute Gasteiger partial charge is 2.00 e. The first-order chi connectivity index (χ1) is 0. The van der Waals surface area contributed by atoms with Crippen molar-refractivity contribution in [1.29, 1.82) is 0 Å². The van der Waals surface area contributed by atoms with Gasteiger partial charge in [-0.25, -0.2) is 0 Å². The monoisotopic (exact) mass is 75.0 g/mol. The standard InChI is InChI=1S/Al.BH3.H2O.O/h;1H3;1H2;/q+3;;;-2. The number of rotatable bonds is 0. The van der Waals surface area contributed by atoms with Crippen LogP contribution in [-0.4, -0.2) is 31.3 Å². The van der Waals surface area contributed by atoms with E-state index < -0.39 is 0 Å². The quantitative estimate of drug-likeness (QED) is 0.285. The van der Waals surface area contributed by atoms with Crippen molar-refractivity contribution in [2.24, 2.45) is 0 Å². The van der Waals surface area contributed by atoms with Gasteiger partial charge in [0.1, 0.15) is 0 Å². The Morgan fingerprint density at radius 1 is 1.00 bits per heavy atom. The fourth-order valence-electron chi connectivity index (χ4n) is 0. The number of hydrogen-bond acceptors (Lipinski definition) is 0. The van der Waals surface area contributed by atoms with Crippen LogP contribution in [0.4, 0.5) is 0 Å². The van der Waals surface area contributed by atoms with Crippen molar-refractivity contribution in [3.8, 4) is 0 Å². The molecule has 0 aliphatic heterocycles. The van der Waals surface area contributed by atoms with Crippen LogP contribution in [0.2, 0.25) is 0 Å².